The van der Waals surface area contributed by atoms with Gasteiger partial charge in [-0.25, -0.2) is 0 Å². The normalized spacial score (nSPS) is 12.4. The van der Waals surface area contributed by atoms with E-state index in [2.05, 4.69) is 18.7 Å². The minimum Gasteiger partial charge on any atom is -0.384 e. The van der Waals surface area contributed by atoms with Gasteiger partial charge in [0, 0.05) is 19.2 Å². The van der Waals surface area contributed by atoms with Crippen LogP contribution in [0.4, 0.5) is 0 Å². The molecular weight excluding hydrogens is 188 g/mol. The summed E-state index contributed by atoms with van der Waals surface area (Å²) in [6, 6.07) is 2.01. The van der Waals surface area contributed by atoms with E-state index in [1.165, 1.54) is 6.08 Å². The van der Waals surface area contributed by atoms with E-state index in [1.807, 2.05) is 6.07 Å². The summed E-state index contributed by atoms with van der Waals surface area (Å²) in [7, 11) is 0. The van der Waals surface area contributed by atoms with Gasteiger partial charge in [0.15, 0.2) is 0 Å². The minimum atomic E-state index is -0.944. The smallest absolute Gasteiger partial charge is 0.0993 e. The molecule has 0 aliphatic heterocycles. The lowest BCUT2D eigenvalue weighted by Crippen LogP contribution is -2.37. The van der Waals surface area contributed by atoms with Gasteiger partial charge in [-0.15, -0.1) is 0 Å². The fraction of sp³-hybridized carbons (Fsp3) is 0.750. The first kappa shape index (κ1) is 14.0. The third kappa shape index (κ3) is 4.85. The average molecular weight is 210 g/mol. The monoisotopic (exact) mass is 210 g/mol. The van der Waals surface area contributed by atoms with Gasteiger partial charge in [-0.3, -0.25) is 0 Å². The standard InChI is InChI=1S/C12H22N2O/c1-5-9-14(10-6-2)11(7-8-13)12(3,4)15/h7,15H,5-6,9-10H2,1-4H3/b11-7-. The molecule has 0 fully saturated rings. The molecule has 0 saturated heterocycles. The molecule has 0 aromatic carbocycles. The topological polar surface area (TPSA) is 47.3 Å². The molecule has 1 N–H and O–H groups in total. The lowest BCUT2D eigenvalue weighted by molar-refractivity contribution is 0.0815. The Kier molecular flexibility index (Phi) is 6.03. The third-order valence-electron chi connectivity index (χ3n) is 2.16. The summed E-state index contributed by atoms with van der Waals surface area (Å²) in [6.07, 6.45) is 3.48. The zero-order valence-electron chi connectivity index (χ0n) is 10.2. The molecule has 0 radical (unpaired) electrons. The molecule has 0 atom stereocenters. The van der Waals surface area contributed by atoms with Gasteiger partial charge in [0.2, 0.25) is 0 Å². The van der Waals surface area contributed by atoms with Crippen LogP contribution in [0.2, 0.25) is 0 Å². The van der Waals surface area contributed by atoms with Crippen molar-refractivity contribution >= 4 is 0 Å². The number of nitrogens with zero attached hydrogens (tertiary/aromatic N) is 2. The van der Waals surface area contributed by atoms with Crippen LogP contribution < -0.4 is 0 Å². The molecular formula is C12H22N2O. The van der Waals surface area contributed by atoms with E-state index in [9.17, 15) is 5.11 Å². The van der Waals surface area contributed by atoms with Gasteiger partial charge in [-0.1, -0.05) is 13.8 Å². The summed E-state index contributed by atoms with van der Waals surface area (Å²) in [5.41, 5.74) is -0.228. The first-order chi connectivity index (χ1) is 6.97. The fourth-order valence-electron chi connectivity index (χ4n) is 1.61. The largest absolute Gasteiger partial charge is 0.384 e. The maximum Gasteiger partial charge on any atom is 0.0993 e. The molecule has 0 aliphatic rings. The van der Waals surface area contributed by atoms with E-state index in [0.29, 0.717) is 5.70 Å². The van der Waals surface area contributed by atoms with Crippen LogP contribution in [-0.4, -0.2) is 28.7 Å². The molecule has 0 bridgehead atoms. The molecule has 15 heavy (non-hydrogen) atoms. The van der Waals surface area contributed by atoms with Crippen molar-refractivity contribution in [2.75, 3.05) is 13.1 Å². The Morgan fingerprint density at radius 2 is 1.80 bits per heavy atom. The van der Waals surface area contributed by atoms with Crippen LogP contribution in [0.15, 0.2) is 11.8 Å². The Hall–Kier alpha value is -1.01. The Morgan fingerprint density at radius 3 is 2.07 bits per heavy atom. The molecule has 0 rings (SSSR count). The number of allylic oxidation sites excluding steroid dienone is 1. The second-order valence-electron chi connectivity index (χ2n) is 4.20. The van der Waals surface area contributed by atoms with Crippen LogP contribution in [0.3, 0.4) is 0 Å². The lowest BCUT2D eigenvalue weighted by atomic mass is 10.0. The summed E-state index contributed by atoms with van der Waals surface area (Å²) >= 11 is 0. The van der Waals surface area contributed by atoms with Gasteiger partial charge in [0.05, 0.1) is 17.4 Å². The van der Waals surface area contributed by atoms with Gasteiger partial charge in [-0.05, 0) is 26.7 Å². The van der Waals surface area contributed by atoms with Crippen LogP contribution >= 0.6 is 0 Å². The van der Waals surface area contributed by atoms with E-state index in [-0.39, 0.29) is 0 Å². The second kappa shape index (κ2) is 6.47. The third-order valence-corrected chi connectivity index (χ3v) is 2.16. The van der Waals surface area contributed by atoms with Gasteiger partial charge >= 0.3 is 0 Å². The summed E-state index contributed by atoms with van der Waals surface area (Å²) in [5.74, 6) is 0. The van der Waals surface area contributed by atoms with E-state index < -0.39 is 5.60 Å². The maximum atomic E-state index is 9.97. The van der Waals surface area contributed by atoms with Gasteiger partial charge < -0.3 is 10.0 Å². The number of hydrogen-bond acceptors (Lipinski definition) is 3. The van der Waals surface area contributed by atoms with Crippen molar-refractivity contribution in [1.82, 2.24) is 4.90 Å². The summed E-state index contributed by atoms with van der Waals surface area (Å²) in [4.78, 5) is 2.09. The number of aliphatic hydroxyl groups is 1. The maximum absolute atomic E-state index is 9.97. The van der Waals surface area contributed by atoms with Crippen LogP contribution in [0.1, 0.15) is 40.5 Å². The molecule has 0 aromatic heterocycles. The molecule has 0 heterocycles. The molecule has 0 unspecified atom stereocenters. The zero-order chi connectivity index (χ0) is 11.9. The number of hydrogen-bond donors (Lipinski definition) is 1. The van der Waals surface area contributed by atoms with Crippen molar-refractivity contribution in [3.63, 3.8) is 0 Å². The predicted octanol–water partition coefficient (Wildman–Crippen LogP) is 2.29. The molecule has 0 spiro atoms. The summed E-state index contributed by atoms with van der Waals surface area (Å²) in [6.45, 7) is 9.38. The quantitative estimate of drug-likeness (QED) is 0.684. The van der Waals surface area contributed by atoms with Gasteiger partial charge in [0.1, 0.15) is 0 Å². The Balaban J connectivity index is 4.86. The van der Waals surface area contributed by atoms with Crippen LogP contribution in [0.5, 0.6) is 0 Å². The predicted molar refractivity (Wildman–Crippen MR) is 62.1 cm³/mol. The summed E-state index contributed by atoms with van der Waals surface area (Å²) in [5, 5.41) is 18.7. The van der Waals surface area contributed by atoms with Crippen LogP contribution in [-0.2, 0) is 0 Å². The molecule has 0 amide bonds. The Bertz CT molecular complexity index is 239. The molecule has 3 nitrogen and oxygen atoms in total. The highest BCUT2D eigenvalue weighted by Gasteiger charge is 2.23. The molecule has 0 aromatic rings. The number of nitriles is 1. The molecule has 3 heteroatoms. The second-order valence-corrected chi connectivity index (χ2v) is 4.20. The Labute approximate surface area is 93.0 Å². The highest BCUT2D eigenvalue weighted by Crippen LogP contribution is 2.20. The van der Waals surface area contributed by atoms with Gasteiger partial charge in [0.25, 0.3) is 0 Å². The van der Waals surface area contributed by atoms with Crippen molar-refractivity contribution in [2.45, 2.75) is 46.1 Å². The molecule has 0 aliphatic carbocycles. The average Bonchev–Trinajstić information content (AvgIpc) is 2.12. The highest BCUT2D eigenvalue weighted by molar-refractivity contribution is 5.20. The lowest BCUT2D eigenvalue weighted by Gasteiger charge is -2.33. The SMILES string of the molecule is CCCN(CCC)/C(=C\C#N)C(C)(C)O. The van der Waals surface area contributed by atoms with E-state index in [1.54, 1.807) is 13.8 Å². The summed E-state index contributed by atoms with van der Waals surface area (Å²) < 4.78 is 0. The highest BCUT2D eigenvalue weighted by atomic mass is 16.3. The van der Waals surface area contributed by atoms with Crippen LogP contribution in [0, 0.1) is 11.3 Å². The molecule has 0 saturated carbocycles. The van der Waals surface area contributed by atoms with Crippen molar-refractivity contribution in [3.05, 3.63) is 11.8 Å². The minimum absolute atomic E-state index is 0.716. The zero-order valence-corrected chi connectivity index (χ0v) is 10.2. The van der Waals surface area contributed by atoms with Gasteiger partial charge in [-0.2, -0.15) is 5.26 Å². The molecule has 86 valence electrons. The van der Waals surface area contributed by atoms with Crippen molar-refractivity contribution in [1.29, 1.82) is 5.26 Å². The first-order valence-electron chi connectivity index (χ1n) is 5.54. The van der Waals surface area contributed by atoms with E-state index in [0.717, 1.165) is 25.9 Å². The van der Waals surface area contributed by atoms with Crippen molar-refractivity contribution in [2.24, 2.45) is 0 Å². The van der Waals surface area contributed by atoms with E-state index >= 15 is 0 Å². The van der Waals surface area contributed by atoms with Crippen molar-refractivity contribution in [3.8, 4) is 6.07 Å². The van der Waals surface area contributed by atoms with Crippen molar-refractivity contribution < 1.29 is 5.11 Å². The number of rotatable bonds is 6. The first-order valence-corrected chi connectivity index (χ1v) is 5.54. The van der Waals surface area contributed by atoms with E-state index in [4.69, 9.17) is 5.26 Å². The fourth-order valence-corrected chi connectivity index (χ4v) is 1.61. The Morgan fingerprint density at radius 1 is 1.33 bits per heavy atom. The van der Waals surface area contributed by atoms with Crippen LogP contribution in [0.25, 0.3) is 0 Å².